The van der Waals surface area contributed by atoms with Crippen LogP contribution in [0.5, 0.6) is 5.75 Å². The van der Waals surface area contributed by atoms with Crippen LogP contribution < -0.4 is 10.1 Å². The van der Waals surface area contributed by atoms with E-state index in [1.165, 1.54) is 19.2 Å². The number of carbonyl (C=O) groups excluding carboxylic acids is 1. The van der Waals surface area contributed by atoms with Crippen LogP contribution in [-0.4, -0.2) is 28.1 Å². The van der Waals surface area contributed by atoms with Gasteiger partial charge in [0.05, 0.1) is 17.6 Å². The molecule has 166 valence electrons. The van der Waals surface area contributed by atoms with Gasteiger partial charge in [-0.2, -0.15) is 4.98 Å². The lowest BCUT2D eigenvalue weighted by atomic mass is 10.0. The summed E-state index contributed by atoms with van der Waals surface area (Å²) in [5.41, 5.74) is 1.69. The van der Waals surface area contributed by atoms with Crippen molar-refractivity contribution in [2.24, 2.45) is 0 Å². The maximum Gasteiger partial charge on any atom is 0.270 e. The van der Waals surface area contributed by atoms with E-state index in [-0.39, 0.29) is 23.3 Å². The zero-order chi connectivity index (χ0) is 23.2. The summed E-state index contributed by atoms with van der Waals surface area (Å²) in [6.07, 6.45) is 0.401. The van der Waals surface area contributed by atoms with Crippen LogP contribution in [0.2, 0.25) is 0 Å². The molecular weight excluding hydrogens is 424 g/mol. The minimum atomic E-state index is -0.634. The Morgan fingerprint density at radius 1 is 1.09 bits per heavy atom. The summed E-state index contributed by atoms with van der Waals surface area (Å²) >= 11 is 0. The van der Waals surface area contributed by atoms with Gasteiger partial charge >= 0.3 is 0 Å². The van der Waals surface area contributed by atoms with Crippen molar-refractivity contribution in [1.29, 1.82) is 0 Å². The number of rotatable bonds is 8. The van der Waals surface area contributed by atoms with E-state index in [0.29, 0.717) is 23.3 Å². The van der Waals surface area contributed by atoms with Gasteiger partial charge in [0.25, 0.3) is 11.6 Å². The Morgan fingerprint density at radius 2 is 1.85 bits per heavy atom. The zero-order valence-corrected chi connectivity index (χ0v) is 17.7. The highest BCUT2D eigenvalue weighted by Gasteiger charge is 2.24. The molecule has 1 aromatic heterocycles. The normalized spacial score (nSPS) is 11.5. The largest absolute Gasteiger partial charge is 0.496 e. The van der Waals surface area contributed by atoms with Gasteiger partial charge in [-0.1, -0.05) is 59.8 Å². The second kappa shape index (κ2) is 9.73. The first kappa shape index (κ1) is 21.7. The van der Waals surface area contributed by atoms with Crippen LogP contribution in [0.15, 0.2) is 83.4 Å². The van der Waals surface area contributed by atoms with Crippen LogP contribution in [0.3, 0.4) is 0 Å². The van der Waals surface area contributed by atoms with E-state index in [1.807, 2.05) is 30.3 Å². The molecule has 4 aromatic rings. The van der Waals surface area contributed by atoms with E-state index >= 15 is 0 Å². The second-order valence-corrected chi connectivity index (χ2v) is 7.18. The van der Waals surface area contributed by atoms with Crippen LogP contribution in [0.4, 0.5) is 5.69 Å². The molecule has 1 heterocycles. The Balaban J connectivity index is 1.65. The number of carbonyl (C=O) groups is 1. The summed E-state index contributed by atoms with van der Waals surface area (Å²) in [5, 5.41) is 18.0. The highest BCUT2D eigenvalue weighted by Crippen LogP contribution is 2.25. The number of methoxy groups -OCH3 is 1. The lowest BCUT2D eigenvalue weighted by Gasteiger charge is -2.16. The van der Waals surface area contributed by atoms with Crippen molar-refractivity contribution >= 4 is 11.6 Å². The summed E-state index contributed by atoms with van der Waals surface area (Å²) in [7, 11) is 1.50. The van der Waals surface area contributed by atoms with Gasteiger partial charge in [0.15, 0.2) is 0 Å². The predicted octanol–water partition coefficient (Wildman–Crippen LogP) is 4.37. The maximum atomic E-state index is 13.0. The van der Waals surface area contributed by atoms with Crippen molar-refractivity contribution in [3.63, 3.8) is 0 Å². The summed E-state index contributed by atoms with van der Waals surface area (Å²) in [4.78, 5) is 28.1. The van der Waals surface area contributed by atoms with Gasteiger partial charge in [-0.3, -0.25) is 14.9 Å². The Bertz CT molecular complexity index is 1270. The number of nitro benzene ring substituents is 1. The van der Waals surface area contributed by atoms with Crippen molar-refractivity contribution in [2.75, 3.05) is 7.11 Å². The molecule has 0 aliphatic rings. The molecule has 4 rings (SSSR count). The van der Waals surface area contributed by atoms with Gasteiger partial charge in [0.2, 0.25) is 11.7 Å². The molecule has 0 saturated carbocycles. The number of benzene rings is 3. The van der Waals surface area contributed by atoms with Crippen LogP contribution in [0, 0.1) is 10.1 Å². The lowest BCUT2D eigenvalue weighted by Crippen LogP contribution is -2.30. The molecule has 9 heteroatoms. The van der Waals surface area contributed by atoms with Gasteiger partial charge in [0.1, 0.15) is 11.8 Å². The summed E-state index contributed by atoms with van der Waals surface area (Å²) in [6, 6.07) is 21.8. The standard InChI is InChI=1S/C24H20N4O5/c1-32-21-13-6-5-12-19(21)23(29)25-20(14-16-8-3-2-4-9-16)24-26-22(27-33-24)17-10-7-11-18(15-17)28(30)31/h2-13,15,20H,14H2,1H3,(H,25,29). The number of nitro groups is 1. The van der Waals surface area contributed by atoms with E-state index in [9.17, 15) is 14.9 Å². The van der Waals surface area contributed by atoms with Crippen molar-refractivity contribution < 1.29 is 19.0 Å². The molecule has 3 aromatic carbocycles. The molecular formula is C24H20N4O5. The SMILES string of the molecule is COc1ccccc1C(=O)NC(Cc1ccccc1)c1nc(-c2cccc([N+](=O)[O-])c2)no1. The second-order valence-electron chi connectivity index (χ2n) is 7.18. The number of nitrogens with one attached hydrogen (secondary N) is 1. The first-order chi connectivity index (χ1) is 16.0. The van der Waals surface area contributed by atoms with Crippen molar-refractivity contribution in [3.05, 3.63) is 106 Å². The van der Waals surface area contributed by atoms with E-state index in [2.05, 4.69) is 15.5 Å². The van der Waals surface area contributed by atoms with Crippen LogP contribution in [-0.2, 0) is 6.42 Å². The average molecular weight is 444 g/mol. The fourth-order valence-electron chi connectivity index (χ4n) is 3.37. The van der Waals surface area contributed by atoms with Crippen molar-refractivity contribution in [3.8, 4) is 17.1 Å². The molecule has 1 amide bonds. The molecule has 33 heavy (non-hydrogen) atoms. The van der Waals surface area contributed by atoms with Gasteiger partial charge < -0.3 is 14.6 Å². The Hall–Kier alpha value is -4.53. The number of nitrogens with zero attached hydrogens (tertiary/aromatic N) is 3. The first-order valence-corrected chi connectivity index (χ1v) is 10.1. The van der Waals surface area contributed by atoms with Crippen LogP contribution >= 0.6 is 0 Å². The molecule has 1 N–H and O–H groups in total. The van der Waals surface area contributed by atoms with Gasteiger partial charge in [-0.05, 0) is 17.7 Å². The molecule has 1 atom stereocenters. The number of aromatic nitrogens is 2. The van der Waals surface area contributed by atoms with Crippen LogP contribution in [0.25, 0.3) is 11.4 Å². The maximum absolute atomic E-state index is 13.0. The fraction of sp³-hybridized carbons (Fsp3) is 0.125. The summed E-state index contributed by atoms with van der Waals surface area (Å²) in [5.74, 6) is 0.460. The van der Waals surface area contributed by atoms with E-state index in [0.717, 1.165) is 5.56 Å². The zero-order valence-electron chi connectivity index (χ0n) is 17.7. The third kappa shape index (κ3) is 5.04. The molecule has 0 radical (unpaired) electrons. The van der Waals surface area contributed by atoms with E-state index in [1.54, 1.807) is 36.4 Å². The third-order valence-corrected chi connectivity index (χ3v) is 4.99. The van der Waals surface area contributed by atoms with Gasteiger partial charge in [-0.25, -0.2) is 0 Å². The lowest BCUT2D eigenvalue weighted by molar-refractivity contribution is -0.384. The van der Waals surface area contributed by atoms with Gasteiger partial charge in [0, 0.05) is 24.1 Å². The Morgan fingerprint density at radius 3 is 2.61 bits per heavy atom. The predicted molar refractivity (Wildman–Crippen MR) is 120 cm³/mol. The van der Waals surface area contributed by atoms with Crippen molar-refractivity contribution in [1.82, 2.24) is 15.5 Å². The van der Waals surface area contributed by atoms with E-state index < -0.39 is 11.0 Å². The summed E-state index contributed by atoms with van der Waals surface area (Å²) < 4.78 is 10.8. The van der Waals surface area contributed by atoms with Gasteiger partial charge in [-0.15, -0.1) is 0 Å². The fourth-order valence-corrected chi connectivity index (χ4v) is 3.37. The van der Waals surface area contributed by atoms with E-state index in [4.69, 9.17) is 9.26 Å². The molecule has 0 saturated heterocycles. The molecule has 0 fully saturated rings. The minimum Gasteiger partial charge on any atom is -0.496 e. The monoisotopic (exact) mass is 444 g/mol. The quantitative estimate of drug-likeness (QED) is 0.316. The number of non-ortho nitro benzene ring substituents is 1. The molecule has 0 bridgehead atoms. The summed E-state index contributed by atoms with van der Waals surface area (Å²) in [6.45, 7) is 0. The Labute approximate surface area is 189 Å². The van der Waals surface area contributed by atoms with Crippen LogP contribution in [0.1, 0.15) is 27.9 Å². The highest BCUT2D eigenvalue weighted by molar-refractivity contribution is 5.97. The first-order valence-electron chi connectivity index (χ1n) is 10.1. The topological polar surface area (TPSA) is 120 Å². The average Bonchev–Trinajstić information content (AvgIpc) is 3.34. The smallest absolute Gasteiger partial charge is 0.270 e. The number of hydrogen-bond donors (Lipinski definition) is 1. The molecule has 0 aliphatic carbocycles. The molecule has 9 nitrogen and oxygen atoms in total. The number of ether oxygens (including phenoxy) is 1. The highest BCUT2D eigenvalue weighted by atomic mass is 16.6. The molecule has 0 aliphatic heterocycles. The molecule has 0 spiro atoms. The number of hydrogen-bond acceptors (Lipinski definition) is 7. The Kier molecular flexibility index (Phi) is 6.40. The number of amides is 1. The number of para-hydroxylation sites is 1. The van der Waals surface area contributed by atoms with Crippen molar-refractivity contribution in [2.45, 2.75) is 12.5 Å². The third-order valence-electron chi connectivity index (χ3n) is 4.99. The molecule has 1 unspecified atom stereocenters. The minimum absolute atomic E-state index is 0.0795.